The molecule has 1 amide bonds. The van der Waals surface area contributed by atoms with E-state index in [4.69, 9.17) is 9.47 Å². The third-order valence-electron chi connectivity index (χ3n) is 3.92. The maximum absolute atomic E-state index is 12.3. The molecule has 1 aliphatic rings. The van der Waals surface area contributed by atoms with E-state index in [2.05, 4.69) is 5.32 Å². The number of ether oxygens (including phenoxy) is 2. The highest BCUT2D eigenvalue weighted by atomic mass is 32.2. The minimum atomic E-state index is -3.57. The van der Waals surface area contributed by atoms with Crippen LogP contribution in [0.3, 0.4) is 0 Å². The van der Waals surface area contributed by atoms with Gasteiger partial charge in [0, 0.05) is 12.2 Å². The fourth-order valence-corrected chi connectivity index (χ4v) is 3.27. The molecule has 3 rings (SSSR count). The molecule has 138 valence electrons. The second-order valence-corrected chi connectivity index (χ2v) is 8.12. The predicted molar refractivity (Wildman–Crippen MR) is 97.6 cm³/mol. The minimum Gasteiger partial charge on any atom is -0.454 e. The average Bonchev–Trinajstić information content (AvgIpc) is 3.03. The first kappa shape index (κ1) is 18.2. The third kappa shape index (κ3) is 4.53. The lowest BCUT2D eigenvalue weighted by atomic mass is 10.2. The third-order valence-corrected chi connectivity index (χ3v) is 5.12. The van der Waals surface area contributed by atoms with Crippen LogP contribution < -0.4 is 14.8 Å². The SMILES string of the molecule is Cc1ccc(NC(=O)CN(Cc2ccc3c(c2)OCO3)S(C)(=O)=O)cc1. The second kappa shape index (κ2) is 7.35. The van der Waals surface area contributed by atoms with Gasteiger partial charge in [0.2, 0.25) is 22.7 Å². The number of nitrogens with one attached hydrogen (secondary N) is 1. The van der Waals surface area contributed by atoms with Crippen LogP contribution in [0.1, 0.15) is 11.1 Å². The Labute approximate surface area is 152 Å². The van der Waals surface area contributed by atoms with Crippen molar-refractivity contribution in [3.8, 4) is 11.5 Å². The summed E-state index contributed by atoms with van der Waals surface area (Å²) in [5.41, 5.74) is 2.41. The molecular formula is C18H20N2O5S. The molecule has 0 radical (unpaired) electrons. The highest BCUT2D eigenvalue weighted by Gasteiger charge is 2.22. The van der Waals surface area contributed by atoms with Crippen LogP contribution in [0, 0.1) is 6.92 Å². The Morgan fingerprint density at radius 3 is 2.50 bits per heavy atom. The van der Waals surface area contributed by atoms with Crippen LogP contribution in [-0.4, -0.2) is 38.2 Å². The Kier molecular flexibility index (Phi) is 5.15. The summed E-state index contributed by atoms with van der Waals surface area (Å²) in [6, 6.07) is 12.5. The Morgan fingerprint density at radius 2 is 1.81 bits per heavy atom. The van der Waals surface area contributed by atoms with E-state index in [-0.39, 0.29) is 19.9 Å². The summed E-state index contributed by atoms with van der Waals surface area (Å²) < 4.78 is 35.9. The number of amides is 1. The Hall–Kier alpha value is -2.58. The van der Waals surface area contributed by atoms with Crippen molar-refractivity contribution >= 4 is 21.6 Å². The highest BCUT2D eigenvalue weighted by molar-refractivity contribution is 7.88. The lowest BCUT2D eigenvalue weighted by molar-refractivity contribution is -0.116. The topological polar surface area (TPSA) is 84.9 Å². The van der Waals surface area contributed by atoms with Crippen molar-refractivity contribution in [2.24, 2.45) is 0 Å². The lowest BCUT2D eigenvalue weighted by Gasteiger charge is -2.20. The summed E-state index contributed by atoms with van der Waals surface area (Å²) in [7, 11) is -3.57. The van der Waals surface area contributed by atoms with Crippen LogP contribution in [0.2, 0.25) is 0 Å². The zero-order chi connectivity index (χ0) is 18.7. The van der Waals surface area contributed by atoms with Crippen molar-refractivity contribution in [1.82, 2.24) is 4.31 Å². The van der Waals surface area contributed by atoms with Gasteiger partial charge in [-0.15, -0.1) is 0 Å². The minimum absolute atomic E-state index is 0.0663. The molecule has 0 unspecified atom stereocenters. The summed E-state index contributed by atoms with van der Waals surface area (Å²) in [5.74, 6) is 0.789. The van der Waals surface area contributed by atoms with Crippen molar-refractivity contribution in [2.75, 3.05) is 24.9 Å². The van der Waals surface area contributed by atoms with Crippen LogP contribution >= 0.6 is 0 Å². The molecule has 2 aromatic carbocycles. The molecule has 0 aliphatic carbocycles. The van der Waals surface area contributed by atoms with Gasteiger partial charge >= 0.3 is 0 Å². The molecule has 0 atom stereocenters. The van der Waals surface area contributed by atoms with Gasteiger partial charge in [-0.05, 0) is 36.8 Å². The van der Waals surface area contributed by atoms with Crippen molar-refractivity contribution in [3.63, 3.8) is 0 Å². The molecule has 26 heavy (non-hydrogen) atoms. The maximum atomic E-state index is 12.3. The van der Waals surface area contributed by atoms with Crippen molar-refractivity contribution in [2.45, 2.75) is 13.5 Å². The monoisotopic (exact) mass is 376 g/mol. The smallest absolute Gasteiger partial charge is 0.239 e. The normalized spacial score (nSPS) is 13.0. The van der Waals surface area contributed by atoms with E-state index in [1.54, 1.807) is 30.3 Å². The zero-order valence-electron chi connectivity index (χ0n) is 14.6. The second-order valence-electron chi connectivity index (χ2n) is 6.13. The van der Waals surface area contributed by atoms with Gasteiger partial charge in [-0.25, -0.2) is 8.42 Å². The Morgan fingerprint density at radius 1 is 1.12 bits per heavy atom. The van der Waals surface area contributed by atoms with E-state index in [0.717, 1.165) is 16.1 Å². The van der Waals surface area contributed by atoms with Gasteiger partial charge < -0.3 is 14.8 Å². The molecule has 0 fully saturated rings. The predicted octanol–water partition coefficient (Wildman–Crippen LogP) is 2.12. The summed E-state index contributed by atoms with van der Waals surface area (Å²) in [5, 5.41) is 2.71. The van der Waals surface area contributed by atoms with Gasteiger partial charge in [0.15, 0.2) is 11.5 Å². The molecule has 0 spiro atoms. The Bertz CT molecular complexity index is 910. The molecule has 1 N–H and O–H groups in total. The molecule has 0 saturated carbocycles. The summed E-state index contributed by atoms with van der Waals surface area (Å²) in [4.78, 5) is 12.3. The van der Waals surface area contributed by atoms with E-state index in [1.807, 2.05) is 19.1 Å². The number of carbonyl (C=O) groups excluding carboxylic acids is 1. The Balaban J connectivity index is 1.70. The quantitative estimate of drug-likeness (QED) is 0.835. The number of anilines is 1. The molecule has 0 saturated heterocycles. The molecule has 7 nitrogen and oxygen atoms in total. The first-order valence-electron chi connectivity index (χ1n) is 8.01. The fraction of sp³-hybridized carbons (Fsp3) is 0.278. The molecule has 1 heterocycles. The maximum Gasteiger partial charge on any atom is 0.239 e. The number of fused-ring (bicyclic) bond motifs is 1. The van der Waals surface area contributed by atoms with Gasteiger partial charge in [0.1, 0.15) is 0 Å². The molecule has 8 heteroatoms. The first-order valence-corrected chi connectivity index (χ1v) is 9.86. The molecule has 0 bridgehead atoms. The fourth-order valence-electron chi connectivity index (χ4n) is 2.53. The van der Waals surface area contributed by atoms with Crippen molar-refractivity contribution in [3.05, 3.63) is 53.6 Å². The lowest BCUT2D eigenvalue weighted by Crippen LogP contribution is -2.36. The van der Waals surface area contributed by atoms with E-state index in [9.17, 15) is 13.2 Å². The van der Waals surface area contributed by atoms with Gasteiger partial charge in [0.05, 0.1) is 12.8 Å². The first-order chi connectivity index (χ1) is 12.3. The van der Waals surface area contributed by atoms with Gasteiger partial charge in [0.25, 0.3) is 0 Å². The van der Waals surface area contributed by atoms with Crippen LogP contribution in [0.25, 0.3) is 0 Å². The van der Waals surface area contributed by atoms with E-state index >= 15 is 0 Å². The number of rotatable bonds is 6. The van der Waals surface area contributed by atoms with Gasteiger partial charge in [-0.2, -0.15) is 4.31 Å². The summed E-state index contributed by atoms with van der Waals surface area (Å²) in [6.45, 7) is 1.88. The number of carbonyl (C=O) groups is 1. The van der Waals surface area contributed by atoms with E-state index in [0.29, 0.717) is 22.7 Å². The number of sulfonamides is 1. The van der Waals surface area contributed by atoms with Crippen LogP contribution in [0.15, 0.2) is 42.5 Å². The van der Waals surface area contributed by atoms with Gasteiger partial charge in [-0.3, -0.25) is 4.79 Å². The zero-order valence-corrected chi connectivity index (χ0v) is 15.4. The van der Waals surface area contributed by atoms with Crippen molar-refractivity contribution < 1.29 is 22.7 Å². The summed E-state index contributed by atoms with van der Waals surface area (Å²) in [6.07, 6.45) is 1.08. The summed E-state index contributed by atoms with van der Waals surface area (Å²) >= 11 is 0. The highest BCUT2D eigenvalue weighted by Crippen LogP contribution is 2.32. The number of aryl methyl sites for hydroxylation is 1. The van der Waals surface area contributed by atoms with E-state index in [1.165, 1.54) is 0 Å². The number of benzene rings is 2. The molecular weight excluding hydrogens is 356 g/mol. The molecule has 1 aliphatic heterocycles. The molecule has 0 aromatic heterocycles. The van der Waals surface area contributed by atoms with Crippen LogP contribution in [0.4, 0.5) is 5.69 Å². The average molecular weight is 376 g/mol. The van der Waals surface area contributed by atoms with Crippen LogP contribution in [-0.2, 0) is 21.4 Å². The number of hydrogen-bond donors (Lipinski definition) is 1. The molecule has 2 aromatic rings. The van der Waals surface area contributed by atoms with Gasteiger partial charge in [-0.1, -0.05) is 23.8 Å². The largest absolute Gasteiger partial charge is 0.454 e. The standard InChI is InChI=1S/C18H20N2O5S/c1-13-3-6-15(7-4-13)19-18(21)11-20(26(2,22)23)10-14-5-8-16-17(9-14)25-12-24-16/h3-9H,10-12H2,1-2H3,(H,19,21). The van der Waals surface area contributed by atoms with E-state index < -0.39 is 15.9 Å². The number of hydrogen-bond acceptors (Lipinski definition) is 5. The van der Waals surface area contributed by atoms with Crippen LogP contribution in [0.5, 0.6) is 11.5 Å². The van der Waals surface area contributed by atoms with Crippen molar-refractivity contribution in [1.29, 1.82) is 0 Å². The number of nitrogens with zero attached hydrogens (tertiary/aromatic N) is 1.